The molecule has 0 N–H and O–H groups in total. The van der Waals surface area contributed by atoms with Gasteiger partial charge in [0.25, 0.3) is 0 Å². The van der Waals surface area contributed by atoms with Crippen molar-refractivity contribution in [3.8, 4) is 6.07 Å². The molecule has 1 unspecified atom stereocenters. The van der Waals surface area contributed by atoms with E-state index in [0.29, 0.717) is 5.02 Å². The average molecular weight is 307 g/mol. The second-order valence-electron chi connectivity index (χ2n) is 3.64. The van der Waals surface area contributed by atoms with Crippen molar-refractivity contribution in [2.45, 2.75) is 5.92 Å². The topological polar surface area (TPSA) is 23.8 Å². The van der Waals surface area contributed by atoms with Crippen LogP contribution in [0.15, 0.2) is 53.0 Å². The summed E-state index contributed by atoms with van der Waals surface area (Å²) in [5, 5.41) is 10.0. The Labute approximate surface area is 114 Å². The largest absolute Gasteiger partial charge is 0.197 e. The maximum Gasteiger partial charge on any atom is 0.0973 e. The Bertz CT molecular complexity index is 557. The lowest BCUT2D eigenvalue weighted by molar-refractivity contribution is 1.03. The summed E-state index contributed by atoms with van der Waals surface area (Å²) in [5.41, 5.74) is 1.92. The standard InChI is InChI=1S/C14H9BrClN/c15-14-4-2-1-3-12(14)13(9-17)10-5-7-11(16)8-6-10/h1-8,13H. The van der Waals surface area contributed by atoms with Crippen LogP contribution in [0.4, 0.5) is 0 Å². The first-order chi connectivity index (χ1) is 8.22. The molecule has 1 nitrogen and oxygen atoms in total. The minimum Gasteiger partial charge on any atom is -0.197 e. The van der Waals surface area contributed by atoms with E-state index in [-0.39, 0.29) is 5.92 Å². The van der Waals surface area contributed by atoms with Gasteiger partial charge in [0.1, 0.15) is 0 Å². The highest BCUT2D eigenvalue weighted by molar-refractivity contribution is 9.10. The van der Waals surface area contributed by atoms with E-state index in [1.165, 1.54) is 0 Å². The highest BCUT2D eigenvalue weighted by Gasteiger charge is 2.15. The van der Waals surface area contributed by atoms with Crippen molar-refractivity contribution in [1.82, 2.24) is 0 Å². The van der Waals surface area contributed by atoms with E-state index in [1.807, 2.05) is 36.4 Å². The SMILES string of the molecule is N#CC(c1ccc(Cl)cc1)c1ccccc1Br. The molecule has 2 aromatic carbocycles. The first kappa shape index (κ1) is 12.2. The van der Waals surface area contributed by atoms with Gasteiger partial charge in [-0.15, -0.1) is 0 Å². The van der Waals surface area contributed by atoms with Crippen LogP contribution in [0.5, 0.6) is 0 Å². The molecule has 0 radical (unpaired) electrons. The van der Waals surface area contributed by atoms with Crippen LogP contribution in [0.25, 0.3) is 0 Å². The summed E-state index contributed by atoms with van der Waals surface area (Å²) in [4.78, 5) is 0. The fourth-order valence-corrected chi connectivity index (χ4v) is 2.33. The molecular formula is C14H9BrClN. The number of nitrogens with zero attached hydrogens (tertiary/aromatic N) is 1. The van der Waals surface area contributed by atoms with Gasteiger partial charge in [-0.3, -0.25) is 0 Å². The summed E-state index contributed by atoms with van der Waals surface area (Å²) >= 11 is 9.32. The van der Waals surface area contributed by atoms with E-state index < -0.39 is 0 Å². The normalized spacial score (nSPS) is 11.8. The zero-order valence-electron chi connectivity index (χ0n) is 8.90. The maximum atomic E-state index is 9.32. The summed E-state index contributed by atoms with van der Waals surface area (Å²) in [6.07, 6.45) is 0. The molecule has 0 aliphatic carbocycles. The predicted molar refractivity (Wildman–Crippen MR) is 73.1 cm³/mol. The van der Waals surface area contributed by atoms with Gasteiger partial charge in [-0.25, -0.2) is 0 Å². The number of hydrogen-bond acceptors (Lipinski definition) is 1. The smallest absolute Gasteiger partial charge is 0.0973 e. The summed E-state index contributed by atoms with van der Waals surface area (Å²) < 4.78 is 0.946. The van der Waals surface area contributed by atoms with Gasteiger partial charge in [-0.05, 0) is 29.3 Å². The predicted octanol–water partition coefficient (Wildman–Crippen LogP) is 4.76. The summed E-state index contributed by atoms with van der Waals surface area (Å²) in [7, 11) is 0. The third-order valence-electron chi connectivity index (χ3n) is 2.55. The highest BCUT2D eigenvalue weighted by atomic mass is 79.9. The zero-order chi connectivity index (χ0) is 12.3. The fraction of sp³-hybridized carbons (Fsp3) is 0.0714. The van der Waals surface area contributed by atoms with E-state index >= 15 is 0 Å². The van der Waals surface area contributed by atoms with Crippen LogP contribution in [0, 0.1) is 11.3 Å². The van der Waals surface area contributed by atoms with Crippen molar-refractivity contribution in [2.24, 2.45) is 0 Å². The first-order valence-electron chi connectivity index (χ1n) is 5.12. The minimum absolute atomic E-state index is 0.275. The van der Waals surface area contributed by atoms with E-state index in [0.717, 1.165) is 15.6 Å². The van der Waals surface area contributed by atoms with Gasteiger partial charge in [0, 0.05) is 9.50 Å². The van der Waals surface area contributed by atoms with Crippen LogP contribution in [0.1, 0.15) is 17.0 Å². The summed E-state index contributed by atoms with van der Waals surface area (Å²) in [6.45, 7) is 0. The van der Waals surface area contributed by atoms with Crippen LogP contribution < -0.4 is 0 Å². The number of rotatable bonds is 2. The number of hydrogen-bond donors (Lipinski definition) is 0. The molecule has 0 fully saturated rings. The van der Waals surface area contributed by atoms with Gasteiger partial charge < -0.3 is 0 Å². The molecule has 84 valence electrons. The van der Waals surface area contributed by atoms with Gasteiger partial charge in [-0.1, -0.05) is 57.9 Å². The molecule has 2 rings (SSSR count). The Morgan fingerprint density at radius 2 is 1.71 bits per heavy atom. The lowest BCUT2D eigenvalue weighted by Gasteiger charge is -2.11. The fourth-order valence-electron chi connectivity index (χ4n) is 1.69. The summed E-state index contributed by atoms with van der Waals surface area (Å²) in [5.74, 6) is -0.275. The van der Waals surface area contributed by atoms with Gasteiger partial charge in [0.15, 0.2) is 0 Å². The minimum atomic E-state index is -0.275. The van der Waals surface area contributed by atoms with Crippen molar-refractivity contribution in [3.05, 3.63) is 69.2 Å². The van der Waals surface area contributed by atoms with E-state index in [4.69, 9.17) is 11.6 Å². The quantitative estimate of drug-likeness (QED) is 0.785. The van der Waals surface area contributed by atoms with Crippen molar-refractivity contribution in [2.75, 3.05) is 0 Å². The van der Waals surface area contributed by atoms with Crippen molar-refractivity contribution < 1.29 is 0 Å². The van der Waals surface area contributed by atoms with Crippen LogP contribution in [0.3, 0.4) is 0 Å². The lowest BCUT2D eigenvalue weighted by atomic mass is 9.93. The molecule has 1 atom stereocenters. The molecule has 3 heteroatoms. The number of nitriles is 1. The molecule has 2 aromatic rings. The molecular weight excluding hydrogens is 298 g/mol. The third-order valence-corrected chi connectivity index (χ3v) is 3.52. The first-order valence-corrected chi connectivity index (χ1v) is 6.29. The Morgan fingerprint density at radius 1 is 1.06 bits per heavy atom. The molecule has 0 aliphatic heterocycles. The number of benzene rings is 2. The van der Waals surface area contributed by atoms with Crippen molar-refractivity contribution in [3.63, 3.8) is 0 Å². The average Bonchev–Trinajstić information content (AvgIpc) is 2.35. The van der Waals surface area contributed by atoms with E-state index in [1.54, 1.807) is 12.1 Å². The van der Waals surface area contributed by atoms with Gasteiger partial charge in [-0.2, -0.15) is 5.26 Å². The summed E-state index contributed by atoms with van der Waals surface area (Å²) in [6, 6.07) is 17.5. The Balaban J connectivity index is 2.45. The Hall–Kier alpha value is -1.30. The van der Waals surface area contributed by atoms with Crippen LogP contribution in [-0.2, 0) is 0 Å². The van der Waals surface area contributed by atoms with Crippen molar-refractivity contribution >= 4 is 27.5 Å². The van der Waals surface area contributed by atoms with E-state index in [9.17, 15) is 5.26 Å². The van der Waals surface area contributed by atoms with Crippen LogP contribution >= 0.6 is 27.5 Å². The second kappa shape index (κ2) is 5.35. The Kier molecular flexibility index (Phi) is 3.83. The van der Waals surface area contributed by atoms with Crippen molar-refractivity contribution in [1.29, 1.82) is 5.26 Å². The van der Waals surface area contributed by atoms with Gasteiger partial charge in [0.2, 0.25) is 0 Å². The molecule has 0 saturated heterocycles. The molecule has 0 aromatic heterocycles. The third kappa shape index (κ3) is 2.69. The molecule has 0 saturated carbocycles. The molecule has 0 amide bonds. The van der Waals surface area contributed by atoms with Gasteiger partial charge in [0.05, 0.1) is 12.0 Å². The molecule has 17 heavy (non-hydrogen) atoms. The molecule has 0 spiro atoms. The van der Waals surface area contributed by atoms with E-state index in [2.05, 4.69) is 22.0 Å². The lowest BCUT2D eigenvalue weighted by Crippen LogP contribution is -1.98. The highest BCUT2D eigenvalue weighted by Crippen LogP contribution is 2.30. The molecule has 0 heterocycles. The molecule has 0 aliphatic rings. The zero-order valence-corrected chi connectivity index (χ0v) is 11.2. The van der Waals surface area contributed by atoms with Crippen LogP contribution in [0.2, 0.25) is 5.02 Å². The Morgan fingerprint density at radius 3 is 2.29 bits per heavy atom. The maximum absolute atomic E-state index is 9.32. The van der Waals surface area contributed by atoms with Gasteiger partial charge >= 0.3 is 0 Å². The second-order valence-corrected chi connectivity index (χ2v) is 4.93. The monoisotopic (exact) mass is 305 g/mol. The van der Waals surface area contributed by atoms with Crippen LogP contribution in [-0.4, -0.2) is 0 Å². The number of halogens is 2. The molecule has 0 bridgehead atoms.